The molecule has 0 fully saturated rings. The summed E-state index contributed by atoms with van der Waals surface area (Å²) >= 11 is 12.2. The van der Waals surface area contributed by atoms with Gasteiger partial charge in [0.05, 0.1) is 20.6 Å². The molecule has 0 aromatic heterocycles. The number of carbonyl (C=O) groups is 2. The summed E-state index contributed by atoms with van der Waals surface area (Å²) in [6, 6.07) is 16.6. The van der Waals surface area contributed by atoms with E-state index in [0.717, 1.165) is 10.4 Å². The fourth-order valence-electron chi connectivity index (χ4n) is 3.76. The number of carbonyl (C=O) groups excluding carboxylic acids is 2. The molecule has 1 atom stereocenters. The van der Waals surface area contributed by atoms with Crippen molar-refractivity contribution in [1.29, 1.82) is 0 Å². The minimum atomic E-state index is -4.35. The highest BCUT2D eigenvalue weighted by Gasteiger charge is 2.33. The Labute approximate surface area is 238 Å². The van der Waals surface area contributed by atoms with Gasteiger partial charge in [-0.15, -0.1) is 0 Å². The monoisotopic (exact) mass is 593 g/mol. The zero-order valence-electron chi connectivity index (χ0n) is 21.8. The van der Waals surface area contributed by atoms with E-state index in [4.69, 9.17) is 23.2 Å². The zero-order valence-corrected chi connectivity index (χ0v) is 24.1. The van der Waals surface area contributed by atoms with E-state index in [9.17, 15) is 22.4 Å². The van der Waals surface area contributed by atoms with E-state index >= 15 is 0 Å². The van der Waals surface area contributed by atoms with Crippen LogP contribution in [0.1, 0.15) is 26.3 Å². The van der Waals surface area contributed by atoms with E-state index in [1.54, 1.807) is 31.2 Å². The van der Waals surface area contributed by atoms with Crippen molar-refractivity contribution >= 4 is 50.7 Å². The van der Waals surface area contributed by atoms with Crippen molar-refractivity contribution < 1.29 is 22.4 Å². The Bertz CT molecular complexity index is 1420. The summed E-state index contributed by atoms with van der Waals surface area (Å²) in [6.45, 7) is 4.99. The highest BCUT2D eigenvalue weighted by Crippen LogP contribution is 2.27. The summed E-state index contributed by atoms with van der Waals surface area (Å²) in [4.78, 5) is 27.9. The number of benzene rings is 3. The van der Waals surface area contributed by atoms with Gasteiger partial charge in [-0.1, -0.05) is 73.4 Å². The fourth-order valence-corrected chi connectivity index (χ4v) is 5.52. The van der Waals surface area contributed by atoms with Gasteiger partial charge in [-0.3, -0.25) is 13.9 Å². The van der Waals surface area contributed by atoms with Crippen molar-refractivity contribution in [2.75, 3.05) is 17.4 Å². The highest BCUT2D eigenvalue weighted by atomic mass is 35.5. The number of halogens is 3. The summed E-state index contributed by atoms with van der Waals surface area (Å²) < 4.78 is 42.9. The van der Waals surface area contributed by atoms with Crippen LogP contribution in [0, 0.1) is 11.7 Å². The molecule has 208 valence electrons. The SMILES string of the molecule is CC(C)CNC(=O)[C@@H](C)N(Cc1ccc(Cl)c(Cl)c1)C(=O)CN(c1ccccc1F)S(=O)(=O)c1ccccc1. The van der Waals surface area contributed by atoms with Gasteiger partial charge in [-0.05, 0) is 54.8 Å². The second-order valence-electron chi connectivity index (χ2n) is 9.36. The maximum atomic E-state index is 14.9. The van der Waals surface area contributed by atoms with Crippen molar-refractivity contribution in [3.63, 3.8) is 0 Å². The summed E-state index contributed by atoms with van der Waals surface area (Å²) in [6.07, 6.45) is 0. The minimum Gasteiger partial charge on any atom is -0.354 e. The molecule has 3 aromatic carbocycles. The quantitative estimate of drug-likeness (QED) is 0.317. The van der Waals surface area contributed by atoms with Gasteiger partial charge in [0.15, 0.2) is 0 Å². The van der Waals surface area contributed by atoms with E-state index < -0.39 is 40.2 Å². The lowest BCUT2D eigenvalue weighted by atomic mass is 10.1. The van der Waals surface area contributed by atoms with Crippen LogP contribution in [0.5, 0.6) is 0 Å². The third kappa shape index (κ3) is 7.71. The maximum Gasteiger partial charge on any atom is 0.264 e. The lowest BCUT2D eigenvalue weighted by Gasteiger charge is -2.32. The second kappa shape index (κ2) is 13.3. The zero-order chi connectivity index (χ0) is 28.7. The molecular formula is C28H30Cl2FN3O4S. The van der Waals surface area contributed by atoms with Crippen molar-refractivity contribution in [3.05, 3.63) is 94.2 Å². The Morgan fingerprint density at radius 3 is 2.18 bits per heavy atom. The molecule has 0 unspecified atom stereocenters. The molecule has 0 saturated heterocycles. The van der Waals surface area contributed by atoms with Gasteiger partial charge in [0.1, 0.15) is 18.4 Å². The molecule has 0 spiro atoms. The van der Waals surface area contributed by atoms with Gasteiger partial charge in [-0.25, -0.2) is 12.8 Å². The average molecular weight is 595 g/mol. The molecule has 3 rings (SSSR count). The molecule has 2 amide bonds. The smallest absolute Gasteiger partial charge is 0.264 e. The third-order valence-corrected chi connectivity index (χ3v) is 8.43. The van der Waals surface area contributed by atoms with Crippen molar-refractivity contribution in [2.24, 2.45) is 5.92 Å². The molecule has 0 aliphatic heterocycles. The number of hydrogen-bond acceptors (Lipinski definition) is 4. The van der Waals surface area contributed by atoms with Gasteiger partial charge in [0.2, 0.25) is 11.8 Å². The van der Waals surface area contributed by atoms with Crippen LogP contribution >= 0.6 is 23.2 Å². The first-order valence-electron chi connectivity index (χ1n) is 12.2. The van der Waals surface area contributed by atoms with Crippen LogP contribution in [0.2, 0.25) is 10.0 Å². The molecule has 3 aromatic rings. The van der Waals surface area contributed by atoms with Gasteiger partial charge in [-0.2, -0.15) is 0 Å². The first-order chi connectivity index (χ1) is 18.4. The first kappa shape index (κ1) is 30.4. The molecule has 0 saturated carbocycles. The minimum absolute atomic E-state index is 0.0670. The summed E-state index contributed by atoms with van der Waals surface area (Å²) in [5, 5.41) is 3.38. The van der Waals surface area contributed by atoms with Crippen LogP contribution < -0.4 is 9.62 Å². The van der Waals surface area contributed by atoms with E-state index in [1.807, 2.05) is 13.8 Å². The lowest BCUT2D eigenvalue weighted by molar-refractivity contribution is -0.139. The van der Waals surface area contributed by atoms with Crippen LogP contribution in [-0.4, -0.2) is 44.3 Å². The summed E-state index contributed by atoms with van der Waals surface area (Å²) in [7, 11) is -4.35. The normalized spacial score (nSPS) is 12.2. The fraction of sp³-hybridized carbons (Fsp3) is 0.286. The van der Waals surface area contributed by atoms with Crippen LogP contribution in [0.15, 0.2) is 77.7 Å². The van der Waals surface area contributed by atoms with Gasteiger partial charge in [0.25, 0.3) is 10.0 Å². The Hall–Kier alpha value is -3.14. The number of amides is 2. The van der Waals surface area contributed by atoms with E-state index in [2.05, 4.69) is 5.32 Å². The van der Waals surface area contributed by atoms with E-state index in [1.165, 1.54) is 47.4 Å². The summed E-state index contributed by atoms with van der Waals surface area (Å²) in [5.41, 5.74) is 0.283. The predicted molar refractivity (Wildman–Crippen MR) is 152 cm³/mol. The average Bonchev–Trinajstić information content (AvgIpc) is 2.91. The molecule has 7 nitrogen and oxygen atoms in total. The van der Waals surface area contributed by atoms with Crippen LogP contribution in [0.25, 0.3) is 0 Å². The Kier molecular flexibility index (Phi) is 10.4. The molecule has 0 heterocycles. The van der Waals surface area contributed by atoms with E-state index in [-0.39, 0.29) is 28.1 Å². The van der Waals surface area contributed by atoms with Crippen LogP contribution in [0.4, 0.5) is 10.1 Å². The third-order valence-electron chi connectivity index (χ3n) is 5.92. The van der Waals surface area contributed by atoms with Crippen molar-refractivity contribution in [1.82, 2.24) is 10.2 Å². The molecule has 39 heavy (non-hydrogen) atoms. The predicted octanol–water partition coefficient (Wildman–Crippen LogP) is 5.52. The molecular weight excluding hydrogens is 564 g/mol. The number of nitrogens with one attached hydrogen (secondary N) is 1. The van der Waals surface area contributed by atoms with Crippen molar-refractivity contribution in [2.45, 2.75) is 38.3 Å². The van der Waals surface area contributed by atoms with Crippen LogP contribution in [0.3, 0.4) is 0 Å². The van der Waals surface area contributed by atoms with Crippen LogP contribution in [-0.2, 0) is 26.2 Å². The van der Waals surface area contributed by atoms with Gasteiger partial charge in [0, 0.05) is 13.1 Å². The molecule has 0 bridgehead atoms. The number of rotatable bonds is 11. The Morgan fingerprint density at radius 1 is 0.923 bits per heavy atom. The topological polar surface area (TPSA) is 86.8 Å². The molecule has 1 N–H and O–H groups in total. The summed E-state index contributed by atoms with van der Waals surface area (Å²) in [5.74, 6) is -1.77. The number of nitrogens with zero attached hydrogens (tertiary/aromatic N) is 2. The lowest BCUT2D eigenvalue weighted by Crippen LogP contribution is -2.51. The molecule has 0 aliphatic carbocycles. The highest BCUT2D eigenvalue weighted by molar-refractivity contribution is 7.92. The molecule has 0 aliphatic rings. The van der Waals surface area contributed by atoms with E-state index in [0.29, 0.717) is 17.1 Å². The van der Waals surface area contributed by atoms with Gasteiger partial charge >= 0.3 is 0 Å². The molecule has 11 heteroatoms. The van der Waals surface area contributed by atoms with Gasteiger partial charge < -0.3 is 10.2 Å². The number of hydrogen-bond donors (Lipinski definition) is 1. The Balaban J connectivity index is 2.02. The first-order valence-corrected chi connectivity index (χ1v) is 14.4. The number of para-hydroxylation sites is 1. The number of sulfonamides is 1. The maximum absolute atomic E-state index is 14.9. The molecule has 0 radical (unpaired) electrons. The Morgan fingerprint density at radius 2 is 1.56 bits per heavy atom. The largest absolute Gasteiger partial charge is 0.354 e. The number of anilines is 1. The van der Waals surface area contributed by atoms with Crippen molar-refractivity contribution in [3.8, 4) is 0 Å². The second-order valence-corrected chi connectivity index (χ2v) is 12.0. The standard InChI is InChI=1S/C28H30Cl2FN3O4S/c1-19(2)16-32-28(36)20(3)33(17-21-13-14-23(29)24(30)15-21)27(35)18-34(26-12-8-7-11-25(26)31)39(37,38)22-9-5-4-6-10-22/h4-15,19-20H,16-18H2,1-3H3,(H,32,36)/t20-/m1/s1.